The zero-order valence-corrected chi connectivity index (χ0v) is 17.1. The molecule has 0 radical (unpaired) electrons. The SMILES string of the molecule is CC(C)(C)c1cc(NC(=O)CN2C(=O)COc3ccccc32)n(-c2ccccn2)n1. The Morgan fingerprint density at radius 2 is 1.93 bits per heavy atom. The summed E-state index contributed by atoms with van der Waals surface area (Å²) in [7, 11) is 0. The monoisotopic (exact) mass is 405 g/mol. The summed E-state index contributed by atoms with van der Waals surface area (Å²) in [6.07, 6.45) is 1.67. The van der Waals surface area contributed by atoms with Crippen molar-refractivity contribution in [1.29, 1.82) is 0 Å². The first-order valence-corrected chi connectivity index (χ1v) is 9.67. The molecule has 1 N–H and O–H groups in total. The van der Waals surface area contributed by atoms with Crippen molar-refractivity contribution in [3.05, 3.63) is 60.4 Å². The van der Waals surface area contributed by atoms with E-state index in [0.29, 0.717) is 23.1 Å². The second kappa shape index (κ2) is 7.62. The maximum Gasteiger partial charge on any atom is 0.265 e. The molecule has 8 nitrogen and oxygen atoms in total. The lowest BCUT2D eigenvalue weighted by Gasteiger charge is -2.28. The highest BCUT2D eigenvalue weighted by molar-refractivity contribution is 6.04. The first kappa shape index (κ1) is 19.6. The van der Waals surface area contributed by atoms with Crippen LogP contribution in [0, 0.1) is 0 Å². The number of ether oxygens (including phenoxy) is 1. The molecule has 0 spiro atoms. The van der Waals surface area contributed by atoms with Crippen molar-refractivity contribution < 1.29 is 14.3 Å². The topological polar surface area (TPSA) is 89.4 Å². The summed E-state index contributed by atoms with van der Waals surface area (Å²) in [5, 5.41) is 7.53. The fourth-order valence-electron chi connectivity index (χ4n) is 3.14. The second-order valence-electron chi connectivity index (χ2n) is 8.05. The number of rotatable bonds is 4. The molecule has 4 rings (SSSR count). The largest absolute Gasteiger partial charge is 0.482 e. The van der Waals surface area contributed by atoms with Gasteiger partial charge in [-0.2, -0.15) is 9.78 Å². The maximum absolute atomic E-state index is 12.9. The maximum atomic E-state index is 12.9. The minimum atomic E-state index is -0.336. The van der Waals surface area contributed by atoms with Crippen LogP contribution in [0.25, 0.3) is 5.82 Å². The fourth-order valence-corrected chi connectivity index (χ4v) is 3.14. The molecule has 0 unspecified atom stereocenters. The number of hydrogen-bond donors (Lipinski definition) is 1. The average molecular weight is 405 g/mol. The van der Waals surface area contributed by atoms with Gasteiger partial charge in [-0.05, 0) is 24.3 Å². The molecule has 2 amide bonds. The van der Waals surface area contributed by atoms with Crippen LogP contribution in [-0.2, 0) is 15.0 Å². The molecular formula is C22H23N5O3. The normalized spacial score (nSPS) is 13.6. The number of carbonyl (C=O) groups excluding carboxylic acids is 2. The van der Waals surface area contributed by atoms with Gasteiger partial charge in [-0.1, -0.05) is 39.0 Å². The van der Waals surface area contributed by atoms with Crippen molar-refractivity contribution in [3.8, 4) is 11.6 Å². The van der Waals surface area contributed by atoms with Crippen molar-refractivity contribution in [2.75, 3.05) is 23.4 Å². The summed E-state index contributed by atoms with van der Waals surface area (Å²) in [5.74, 6) is 1.07. The number of fused-ring (bicyclic) bond motifs is 1. The number of aromatic nitrogens is 3. The molecule has 1 aliphatic rings. The van der Waals surface area contributed by atoms with Gasteiger partial charge in [0.2, 0.25) is 5.91 Å². The van der Waals surface area contributed by atoms with Crippen LogP contribution in [0.4, 0.5) is 11.5 Å². The minimum Gasteiger partial charge on any atom is -0.482 e. The Morgan fingerprint density at radius 1 is 1.17 bits per heavy atom. The molecule has 3 heterocycles. The van der Waals surface area contributed by atoms with E-state index in [9.17, 15) is 9.59 Å². The molecular weight excluding hydrogens is 382 g/mol. The second-order valence-corrected chi connectivity index (χ2v) is 8.05. The van der Waals surface area contributed by atoms with Crippen LogP contribution in [0.1, 0.15) is 26.5 Å². The van der Waals surface area contributed by atoms with E-state index in [4.69, 9.17) is 4.74 Å². The first-order chi connectivity index (χ1) is 14.3. The van der Waals surface area contributed by atoms with Crippen molar-refractivity contribution >= 4 is 23.3 Å². The first-order valence-electron chi connectivity index (χ1n) is 9.67. The number of anilines is 2. The Kier molecular flexibility index (Phi) is 4.99. The fraction of sp³-hybridized carbons (Fsp3) is 0.273. The molecule has 0 saturated heterocycles. The predicted molar refractivity (Wildman–Crippen MR) is 113 cm³/mol. The van der Waals surface area contributed by atoms with E-state index in [1.165, 1.54) is 4.90 Å². The summed E-state index contributed by atoms with van der Waals surface area (Å²) in [6, 6.07) is 14.5. The van der Waals surface area contributed by atoms with Crippen molar-refractivity contribution in [2.24, 2.45) is 0 Å². The van der Waals surface area contributed by atoms with Crippen molar-refractivity contribution in [2.45, 2.75) is 26.2 Å². The van der Waals surface area contributed by atoms with Gasteiger partial charge in [-0.3, -0.25) is 14.5 Å². The highest BCUT2D eigenvalue weighted by Crippen LogP contribution is 2.31. The molecule has 0 fully saturated rings. The number of nitrogens with one attached hydrogen (secondary N) is 1. The van der Waals surface area contributed by atoms with Crippen LogP contribution in [-0.4, -0.2) is 39.7 Å². The van der Waals surface area contributed by atoms with Gasteiger partial charge in [-0.15, -0.1) is 0 Å². The number of pyridine rings is 1. The van der Waals surface area contributed by atoms with Gasteiger partial charge in [0.05, 0.1) is 11.4 Å². The molecule has 8 heteroatoms. The van der Waals surface area contributed by atoms with Gasteiger partial charge in [-0.25, -0.2) is 4.98 Å². The highest BCUT2D eigenvalue weighted by atomic mass is 16.5. The van der Waals surface area contributed by atoms with Gasteiger partial charge < -0.3 is 10.1 Å². The molecule has 3 aromatic rings. The Balaban J connectivity index is 1.61. The zero-order chi connectivity index (χ0) is 21.3. The molecule has 30 heavy (non-hydrogen) atoms. The van der Waals surface area contributed by atoms with Crippen molar-refractivity contribution in [1.82, 2.24) is 14.8 Å². The van der Waals surface area contributed by atoms with Crippen LogP contribution in [0.3, 0.4) is 0 Å². The van der Waals surface area contributed by atoms with Crippen LogP contribution in [0.15, 0.2) is 54.7 Å². The lowest BCUT2D eigenvalue weighted by atomic mass is 9.92. The minimum absolute atomic E-state index is 0.0929. The third-order valence-electron chi connectivity index (χ3n) is 4.72. The molecule has 2 aromatic heterocycles. The van der Waals surface area contributed by atoms with Crippen LogP contribution >= 0.6 is 0 Å². The standard InChI is InChI=1S/C22H23N5O3/c1-22(2,3)17-12-19(27(25-17)18-10-6-7-11-23-18)24-20(28)13-26-15-8-4-5-9-16(15)30-14-21(26)29/h4-12H,13-14H2,1-3H3,(H,24,28). The van der Waals surface area contributed by atoms with Crippen LogP contribution in [0.2, 0.25) is 0 Å². The zero-order valence-electron chi connectivity index (χ0n) is 17.1. The molecule has 1 aliphatic heterocycles. The Labute approximate surface area is 174 Å². The van der Waals surface area contributed by atoms with E-state index >= 15 is 0 Å². The summed E-state index contributed by atoms with van der Waals surface area (Å²) in [6.45, 7) is 5.93. The molecule has 0 atom stereocenters. The average Bonchev–Trinajstić information content (AvgIpc) is 3.15. The van der Waals surface area contributed by atoms with Crippen LogP contribution in [0.5, 0.6) is 5.75 Å². The summed E-state index contributed by atoms with van der Waals surface area (Å²) in [5.41, 5.74) is 1.19. The Hall–Kier alpha value is -3.68. The number of benzene rings is 1. The smallest absolute Gasteiger partial charge is 0.265 e. The van der Waals surface area contributed by atoms with Gasteiger partial charge in [0.25, 0.3) is 5.91 Å². The highest BCUT2D eigenvalue weighted by Gasteiger charge is 2.28. The summed E-state index contributed by atoms with van der Waals surface area (Å²) >= 11 is 0. The lowest BCUT2D eigenvalue weighted by Crippen LogP contribution is -2.43. The van der Waals surface area contributed by atoms with Crippen molar-refractivity contribution in [3.63, 3.8) is 0 Å². The predicted octanol–water partition coefficient (Wildman–Crippen LogP) is 2.93. The molecule has 0 aliphatic carbocycles. The molecule has 154 valence electrons. The molecule has 0 saturated carbocycles. The van der Waals surface area contributed by atoms with E-state index < -0.39 is 0 Å². The van der Waals surface area contributed by atoms with E-state index in [-0.39, 0.29) is 30.4 Å². The van der Waals surface area contributed by atoms with E-state index in [1.807, 2.05) is 51.1 Å². The van der Waals surface area contributed by atoms with E-state index in [2.05, 4.69) is 15.4 Å². The summed E-state index contributed by atoms with van der Waals surface area (Å²) < 4.78 is 7.04. The number of carbonyl (C=O) groups is 2. The number of para-hydroxylation sites is 2. The van der Waals surface area contributed by atoms with E-state index in [1.54, 1.807) is 29.1 Å². The molecule has 0 bridgehead atoms. The third kappa shape index (κ3) is 3.89. The van der Waals surface area contributed by atoms with Gasteiger partial charge in [0, 0.05) is 17.7 Å². The number of nitrogens with zero attached hydrogens (tertiary/aromatic N) is 4. The van der Waals surface area contributed by atoms with Gasteiger partial charge in [0.15, 0.2) is 12.4 Å². The Morgan fingerprint density at radius 3 is 2.67 bits per heavy atom. The Bertz CT molecular complexity index is 1090. The van der Waals surface area contributed by atoms with E-state index in [0.717, 1.165) is 5.69 Å². The molecule has 1 aromatic carbocycles. The third-order valence-corrected chi connectivity index (χ3v) is 4.72. The quantitative estimate of drug-likeness (QED) is 0.721. The van der Waals surface area contributed by atoms with Gasteiger partial charge in [0.1, 0.15) is 18.1 Å². The summed E-state index contributed by atoms with van der Waals surface area (Å²) in [4.78, 5) is 31.0. The van der Waals surface area contributed by atoms with Gasteiger partial charge >= 0.3 is 0 Å². The number of hydrogen-bond acceptors (Lipinski definition) is 5. The van der Waals surface area contributed by atoms with Crippen LogP contribution < -0.4 is 15.0 Å². The number of amides is 2. The lowest BCUT2D eigenvalue weighted by molar-refractivity contribution is -0.123.